The molecule has 0 bridgehead atoms. The van der Waals surface area contributed by atoms with Gasteiger partial charge in [-0.05, 0) is 36.7 Å². The maximum atomic E-state index is 12.3. The first-order valence-electron chi connectivity index (χ1n) is 6.00. The van der Waals surface area contributed by atoms with E-state index in [0.29, 0.717) is 22.7 Å². The van der Waals surface area contributed by atoms with Crippen LogP contribution < -0.4 is 5.56 Å². The van der Waals surface area contributed by atoms with Gasteiger partial charge in [0.1, 0.15) is 5.69 Å². The number of aromatic amines is 2. The Kier molecular flexibility index (Phi) is 3.33. The molecule has 0 aliphatic heterocycles. The minimum absolute atomic E-state index is 0.189. The molecule has 6 nitrogen and oxygen atoms in total. The first-order chi connectivity index (χ1) is 9.69. The number of aryl methyl sites for hydroxylation is 1. The summed E-state index contributed by atoms with van der Waals surface area (Å²) in [6.45, 7) is 2.37. The lowest BCUT2D eigenvalue weighted by molar-refractivity contribution is 0.620. The fraction of sp³-hybridized carbons (Fsp3) is 0.167. The van der Waals surface area contributed by atoms with Crippen LogP contribution in [0.4, 0.5) is 0 Å². The molecule has 0 atom stereocenters. The Morgan fingerprint density at radius 2 is 2.30 bits per heavy atom. The van der Waals surface area contributed by atoms with E-state index in [4.69, 9.17) is 12.2 Å². The van der Waals surface area contributed by atoms with Crippen molar-refractivity contribution < 1.29 is 0 Å². The van der Waals surface area contributed by atoms with Crippen LogP contribution in [0.15, 0.2) is 28.4 Å². The fourth-order valence-electron chi connectivity index (χ4n) is 1.87. The Balaban J connectivity index is 2.26. The van der Waals surface area contributed by atoms with Crippen LogP contribution in [0, 0.1) is 4.77 Å². The molecule has 0 radical (unpaired) electrons. The van der Waals surface area contributed by atoms with Gasteiger partial charge in [0, 0.05) is 6.54 Å². The third-order valence-electron chi connectivity index (χ3n) is 2.80. The monoisotopic (exact) mass is 305 g/mol. The van der Waals surface area contributed by atoms with Crippen molar-refractivity contribution >= 4 is 23.6 Å². The van der Waals surface area contributed by atoms with Crippen LogP contribution in [-0.4, -0.2) is 25.0 Å². The standard InChI is InChI=1S/C12H11N5OS2/c1-2-17-11(18)7(10-13-12(19)15-14-10)6-8(16-17)9-4-3-5-20-9/h3-6H,2H2,1H3,(H2,13,14,15,19). The van der Waals surface area contributed by atoms with Crippen LogP contribution in [0.25, 0.3) is 22.0 Å². The van der Waals surface area contributed by atoms with Crippen LogP contribution >= 0.6 is 23.6 Å². The quantitative estimate of drug-likeness (QED) is 0.728. The van der Waals surface area contributed by atoms with Crippen LogP contribution in [0.1, 0.15) is 6.92 Å². The SMILES string of the molecule is CCn1nc(-c2cccs2)cc(-c2nc(=S)[nH][nH]2)c1=O. The number of hydrogen-bond donors (Lipinski definition) is 2. The van der Waals surface area contributed by atoms with Crippen LogP contribution in [0.5, 0.6) is 0 Å². The lowest BCUT2D eigenvalue weighted by Gasteiger charge is -2.06. The van der Waals surface area contributed by atoms with Gasteiger partial charge in [0.05, 0.1) is 10.4 Å². The minimum Gasteiger partial charge on any atom is -0.281 e. The molecule has 0 spiro atoms. The second kappa shape index (κ2) is 5.14. The molecular formula is C12H11N5OS2. The second-order valence-corrected chi connectivity index (χ2v) is 5.39. The van der Waals surface area contributed by atoms with Gasteiger partial charge in [-0.2, -0.15) is 10.1 Å². The van der Waals surface area contributed by atoms with Gasteiger partial charge in [-0.15, -0.1) is 11.3 Å². The summed E-state index contributed by atoms with van der Waals surface area (Å²) >= 11 is 6.50. The first-order valence-corrected chi connectivity index (χ1v) is 7.29. The number of nitrogens with zero attached hydrogens (tertiary/aromatic N) is 3. The number of aromatic nitrogens is 5. The highest BCUT2D eigenvalue weighted by Crippen LogP contribution is 2.24. The predicted octanol–water partition coefficient (Wildman–Crippen LogP) is 2.44. The molecule has 20 heavy (non-hydrogen) atoms. The Morgan fingerprint density at radius 1 is 1.45 bits per heavy atom. The number of H-pyrrole nitrogens is 2. The van der Waals surface area contributed by atoms with E-state index in [-0.39, 0.29) is 5.56 Å². The zero-order valence-electron chi connectivity index (χ0n) is 10.6. The molecule has 0 aliphatic rings. The molecular weight excluding hydrogens is 294 g/mol. The van der Waals surface area contributed by atoms with E-state index in [1.54, 1.807) is 17.4 Å². The molecule has 3 aromatic heterocycles. The van der Waals surface area contributed by atoms with E-state index in [1.807, 2.05) is 24.4 Å². The highest BCUT2D eigenvalue weighted by atomic mass is 32.1. The topological polar surface area (TPSA) is 79.4 Å². The third-order valence-corrected chi connectivity index (χ3v) is 3.89. The van der Waals surface area contributed by atoms with Crippen LogP contribution in [-0.2, 0) is 6.54 Å². The molecule has 0 saturated carbocycles. The molecule has 0 fully saturated rings. The number of nitrogens with one attached hydrogen (secondary N) is 2. The molecule has 2 N–H and O–H groups in total. The summed E-state index contributed by atoms with van der Waals surface area (Å²) in [5.41, 5.74) is 1.02. The largest absolute Gasteiger partial charge is 0.281 e. The second-order valence-electron chi connectivity index (χ2n) is 4.06. The highest BCUT2D eigenvalue weighted by Gasteiger charge is 2.13. The van der Waals surface area contributed by atoms with Crippen molar-refractivity contribution in [3.63, 3.8) is 0 Å². The molecule has 0 aromatic carbocycles. The number of thiophene rings is 1. The van der Waals surface area contributed by atoms with Gasteiger partial charge < -0.3 is 0 Å². The van der Waals surface area contributed by atoms with Gasteiger partial charge in [0.2, 0.25) is 4.77 Å². The van der Waals surface area contributed by atoms with Gasteiger partial charge in [-0.1, -0.05) is 6.07 Å². The van der Waals surface area contributed by atoms with Crippen molar-refractivity contribution in [1.29, 1.82) is 0 Å². The Hall–Kier alpha value is -2.06. The highest BCUT2D eigenvalue weighted by molar-refractivity contribution is 7.71. The summed E-state index contributed by atoms with van der Waals surface area (Å²) in [6.07, 6.45) is 0. The molecule has 0 unspecified atom stereocenters. The van der Waals surface area contributed by atoms with E-state index in [1.165, 1.54) is 4.68 Å². The lowest BCUT2D eigenvalue weighted by Crippen LogP contribution is -2.24. The van der Waals surface area contributed by atoms with Crippen molar-refractivity contribution in [1.82, 2.24) is 25.0 Å². The van der Waals surface area contributed by atoms with Gasteiger partial charge >= 0.3 is 0 Å². The van der Waals surface area contributed by atoms with E-state index in [9.17, 15) is 4.79 Å². The van der Waals surface area contributed by atoms with Crippen molar-refractivity contribution in [2.45, 2.75) is 13.5 Å². The van der Waals surface area contributed by atoms with Gasteiger partial charge in [-0.25, -0.2) is 4.68 Å². The van der Waals surface area contributed by atoms with Crippen molar-refractivity contribution in [3.8, 4) is 22.0 Å². The van der Waals surface area contributed by atoms with Crippen molar-refractivity contribution in [2.75, 3.05) is 0 Å². The average Bonchev–Trinajstić information content (AvgIpc) is 3.10. The molecule has 3 aromatic rings. The summed E-state index contributed by atoms with van der Waals surface area (Å²) < 4.78 is 1.74. The minimum atomic E-state index is -0.189. The van der Waals surface area contributed by atoms with Gasteiger partial charge in [0.15, 0.2) is 5.82 Å². The first kappa shape index (κ1) is 12.9. The fourth-order valence-corrected chi connectivity index (χ4v) is 2.69. The van der Waals surface area contributed by atoms with E-state index in [2.05, 4.69) is 20.3 Å². The molecule has 0 amide bonds. The Bertz CT molecular complexity index is 843. The zero-order valence-corrected chi connectivity index (χ0v) is 12.2. The number of hydrogen-bond acceptors (Lipinski definition) is 5. The summed E-state index contributed by atoms with van der Waals surface area (Å²) in [5, 5.41) is 11.8. The van der Waals surface area contributed by atoms with Crippen molar-refractivity contribution in [2.24, 2.45) is 0 Å². The third kappa shape index (κ3) is 2.23. The van der Waals surface area contributed by atoms with Crippen molar-refractivity contribution in [3.05, 3.63) is 38.7 Å². The summed E-state index contributed by atoms with van der Waals surface area (Å²) in [7, 11) is 0. The molecule has 8 heteroatoms. The summed E-state index contributed by atoms with van der Waals surface area (Å²) in [5.74, 6) is 0.433. The smallest absolute Gasteiger partial charge is 0.277 e. The molecule has 0 saturated heterocycles. The Labute approximate surface area is 123 Å². The predicted molar refractivity (Wildman–Crippen MR) is 80.3 cm³/mol. The summed E-state index contributed by atoms with van der Waals surface area (Å²) in [6, 6.07) is 5.65. The van der Waals surface area contributed by atoms with Gasteiger partial charge in [0.25, 0.3) is 5.56 Å². The molecule has 3 rings (SSSR count). The van der Waals surface area contributed by atoms with Crippen LogP contribution in [0.2, 0.25) is 0 Å². The average molecular weight is 305 g/mol. The lowest BCUT2D eigenvalue weighted by atomic mass is 10.2. The molecule has 102 valence electrons. The Morgan fingerprint density at radius 3 is 2.90 bits per heavy atom. The van der Waals surface area contributed by atoms with Crippen LogP contribution in [0.3, 0.4) is 0 Å². The van der Waals surface area contributed by atoms with E-state index >= 15 is 0 Å². The van der Waals surface area contributed by atoms with E-state index in [0.717, 1.165) is 10.6 Å². The normalized spacial score (nSPS) is 10.8. The zero-order chi connectivity index (χ0) is 14.1. The maximum absolute atomic E-state index is 12.3. The van der Waals surface area contributed by atoms with E-state index < -0.39 is 0 Å². The molecule has 0 aliphatic carbocycles. The molecule has 3 heterocycles. The van der Waals surface area contributed by atoms with Gasteiger partial charge in [-0.3, -0.25) is 15.0 Å². The summed E-state index contributed by atoms with van der Waals surface area (Å²) in [4.78, 5) is 17.4. The maximum Gasteiger partial charge on any atom is 0.277 e. The number of rotatable bonds is 3.